The number of para-hydroxylation sites is 2. The molecule has 0 aliphatic carbocycles. The molecule has 0 aliphatic heterocycles. The maximum Gasteiger partial charge on any atom is 0.212 e. The second kappa shape index (κ2) is 8.27. The summed E-state index contributed by atoms with van der Waals surface area (Å²) in [5.41, 5.74) is 7.23. The van der Waals surface area contributed by atoms with Gasteiger partial charge in [0.15, 0.2) is 0 Å². The third kappa shape index (κ3) is 3.38. The third-order valence-corrected chi connectivity index (χ3v) is 6.85. The summed E-state index contributed by atoms with van der Waals surface area (Å²) in [5, 5.41) is 2.41. The van der Waals surface area contributed by atoms with Crippen LogP contribution in [0.4, 0.5) is 0 Å². The first-order valence-corrected chi connectivity index (χ1v) is 12.2. The first kappa shape index (κ1) is 21.4. The van der Waals surface area contributed by atoms with Gasteiger partial charge in [0.25, 0.3) is 0 Å². The summed E-state index contributed by atoms with van der Waals surface area (Å²) in [7, 11) is 0. The van der Waals surface area contributed by atoms with Crippen LogP contribution in [0.1, 0.15) is 50.7 Å². The van der Waals surface area contributed by atoms with Crippen LogP contribution >= 0.6 is 0 Å². The molecule has 1 N–H and O–H groups in total. The SMILES string of the molecule is CC(C)c1cccc(C(C)C)c1-n1ccnc1-c1ccc2c3ccccc3n(-c3ncc[nH]3)c2c1. The fourth-order valence-corrected chi connectivity index (χ4v) is 5.20. The molecule has 0 aliphatic rings. The van der Waals surface area contributed by atoms with E-state index in [-0.39, 0.29) is 0 Å². The fraction of sp³-hybridized carbons (Fsp3) is 0.200. The van der Waals surface area contributed by atoms with Crippen LogP contribution in [0.15, 0.2) is 85.5 Å². The van der Waals surface area contributed by atoms with Gasteiger partial charge in [0.2, 0.25) is 5.95 Å². The molecule has 0 atom stereocenters. The molecule has 174 valence electrons. The van der Waals surface area contributed by atoms with Gasteiger partial charge in [-0.2, -0.15) is 0 Å². The average Bonchev–Trinajstić information content (AvgIpc) is 3.61. The van der Waals surface area contributed by atoms with Gasteiger partial charge in [0.05, 0.1) is 16.7 Å². The van der Waals surface area contributed by atoms with Crippen molar-refractivity contribution in [1.29, 1.82) is 0 Å². The van der Waals surface area contributed by atoms with E-state index >= 15 is 0 Å². The summed E-state index contributed by atoms with van der Waals surface area (Å²) in [6.45, 7) is 9.03. The number of imidazole rings is 2. The predicted octanol–water partition coefficient (Wildman–Crippen LogP) is 7.61. The Morgan fingerprint density at radius 2 is 1.49 bits per heavy atom. The Bertz CT molecular complexity index is 1620. The maximum absolute atomic E-state index is 4.85. The van der Waals surface area contributed by atoms with E-state index in [1.54, 1.807) is 6.20 Å². The van der Waals surface area contributed by atoms with Crippen LogP contribution in [0.2, 0.25) is 0 Å². The molecule has 0 radical (unpaired) electrons. The largest absolute Gasteiger partial charge is 0.330 e. The van der Waals surface area contributed by atoms with Crippen molar-refractivity contribution in [1.82, 2.24) is 24.1 Å². The standard InChI is InChI=1S/C30H29N5/c1-19(2)22-9-7-10-23(20(3)4)28(22)34-17-16-31-29(34)21-12-13-25-24-8-5-6-11-26(24)35(27(25)18-21)30-32-14-15-33-30/h5-20H,1-4H3,(H,32,33). The van der Waals surface area contributed by atoms with Gasteiger partial charge in [0, 0.05) is 41.1 Å². The van der Waals surface area contributed by atoms with Gasteiger partial charge in [-0.1, -0.05) is 76.2 Å². The molecular formula is C30H29N5. The van der Waals surface area contributed by atoms with Gasteiger partial charge in [-0.3, -0.25) is 9.13 Å². The Hall–Kier alpha value is -4.12. The van der Waals surface area contributed by atoms with Gasteiger partial charge in [-0.15, -0.1) is 0 Å². The number of benzene rings is 3. The highest BCUT2D eigenvalue weighted by atomic mass is 15.2. The lowest BCUT2D eigenvalue weighted by molar-refractivity contribution is 0.807. The maximum atomic E-state index is 4.85. The number of nitrogens with zero attached hydrogens (tertiary/aromatic N) is 4. The van der Waals surface area contributed by atoms with Gasteiger partial charge in [-0.05, 0) is 35.1 Å². The molecule has 0 unspecified atom stereocenters. The topological polar surface area (TPSA) is 51.4 Å². The molecule has 0 fully saturated rings. The Kier molecular flexibility index (Phi) is 5.06. The number of nitrogens with one attached hydrogen (secondary N) is 1. The van der Waals surface area contributed by atoms with E-state index in [2.05, 4.69) is 114 Å². The van der Waals surface area contributed by atoms with Crippen LogP contribution in [0.25, 0.3) is 44.8 Å². The monoisotopic (exact) mass is 459 g/mol. The van der Waals surface area contributed by atoms with Gasteiger partial charge in [0.1, 0.15) is 5.82 Å². The van der Waals surface area contributed by atoms with Crippen molar-refractivity contribution in [3.05, 3.63) is 96.6 Å². The summed E-state index contributed by atoms with van der Waals surface area (Å²) >= 11 is 0. The molecule has 6 rings (SSSR count). The molecule has 0 saturated heterocycles. The molecule has 0 saturated carbocycles. The minimum Gasteiger partial charge on any atom is -0.330 e. The van der Waals surface area contributed by atoms with E-state index in [1.165, 1.54) is 27.6 Å². The van der Waals surface area contributed by atoms with E-state index in [1.807, 2.05) is 12.4 Å². The molecule has 0 amide bonds. The van der Waals surface area contributed by atoms with E-state index in [0.29, 0.717) is 11.8 Å². The van der Waals surface area contributed by atoms with Crippen molar-refractivity contribution in [2.24, 2.45) is 0 Å². The van der Waals surface area contributed by atoms with E-state index < -0.39 is 0 Å². The summed E-state index contributed by atoms with van der Waals surface area (Å²) in [5.74, 6) is 2.56. The molecule has 3 aromatic carbocycles. The van der Waals surface area contributed by atoms with Crippen LogP contribution in [-0.4, -0.2) is 24.1 Å². The Balaban J connectivity index is 1.62. The zero-order chi connectivity index (χ0) is 24.1. The lowest BCUT2D eigenvalue weighted by Gasteiger charge is -2.21. The number of hydrogen-bond donors (Lipinski definition) is 1. The van der Waals surface area contributed by atoms with Crippen molar-refractivity contribution in [2.75, 3.05) is 0 Å². The second-order valence-electron chi connectivity index (χ2n) is 9.71. The second-order valence-corrected chi connectivity index (χ2v) is 9.71. The number of aromatic nitrogens is 5. The summed E-state index contributed by atoms with van der Waals surface area (Å²) in [6.07, 6.45) is 7.66. The predicted molar refractivity (Wildman–Crippen MR) is 144 cm³/mol. The average molecular weight is 460 g/mol. The highest BCUT2D eigenvalue weighted by Gasteiger charge is 2.20. The fourth-order valence-electron chi connectivity index (χ4n) is 5.20. The highest BCUT2D eigenvalue weighted by Crippen LogP contribution is 2.36. The smallest absolute Gasteiger partial charge is 0.212 e. The van der Waals surface area contributed by atoms with E-state index in [4.69, 9.17) is 4.98 Å². The lowest BCUT2D eigenvalue weighted by Crippen LogP contribution is -2.07. The minimum absolute atomic E-state index is 0.405. The van der Waals surface area contributed by atoms with Crippen LogP contribution in [-0.2, 0) is 0 Å². The summed E-state index contributed by atoms with van der Waals surface area (Å²) in [6, 6.07) is 21.8. The zero-order valence-electron chi connectivity index (χ0n) is 20.5. The van der Waals surface area contributed by atoms with Crippen molar-refractivity contribution in [2.45, 2.75) is 39.5 Å². The van der Waals surface area contributed by atoms with Crippen molar-refractivity contribution < 1.29 is 0 Å². The number of aromatic amines is 1. The number of fused-ring (bicyclic) bond motifs is 3. The Morgan fingerprint density at radius 3 is 2.20 bits per heavy atom. The first-order chi connectivity index (χ1) is 17.0. The molecular weight excluding hydrogens is 430 g/mol. The zero-order valence-corrected chi connectivity index (χ0v) is 20.5. The van der Waals surface area contributed by atoms with E-state index in [9.17, 15) is 0 Å². The molecule has 0 spiro atoms. The van der Waals surface area contributed by atoms with Crippen molar-refractivity contribution in [3.63, 3.8) is 0 Å². The first-order valence-electron chi connectivity index (χ1n) is 12.2. The van der Waals surface area contributed by atoms with Crippen LogP contribution in [0, 0.1) is 0 Å². The quantitative estimate of drug-likeness (QED) is 0.288. The lowest BCUT2D eigenvalue weighted by atomic mass is 9.92. The van der Waals surface area contributed by atoms with E-state index in [0.717, 1.165) is 28.4 Å². The Labute approximate surface area is 205 Å². The molecule has 35 heavy (non-hydrogen) atoms. The van der Waals surface area contributed by atoms with Crippen molar-refractivity contribution >= 4 is 21.8 Å². The molecule has 5 heteroatoms. The molecule has 6 aromatic rings. The Morgan fingerprint density at radius 1 is 0.743 bits per heavy atom. The minimum atomic E-state index is 0.405. The van der Waals surface area contributed by atoms with Gasteiger partial charge in [-0.25, -0.2) is 9.97 Å². The molecule has 5 nitrogen and oxygen atoms in total. The molecule has 3 aromatic heterocycles. The number of hydrogen-bond acceptors (Lipinski definition) is 2. The van der Waals surface area contributed by atoms with Gasteiger partial charge >= 0.3 is 0 Å². The third-order valence-electron chi connectivity index (χ3n) is 6.85. The normalized spacial score (nSPS) is 11.9. The van der Waals surface area contributed by atoms with Crippen LogP contribution in [0.5, 0.6) is 0 Å². The van der Waals surface area contributed by atoms with Crippen LogP contribution in [0.3, 0.4) is 0 Å². The molecule has 0 bridgehead atoms. The number of rotatable bonds is 5. The summed E-state index contributed by atoms with van der Waals surface area (Å²) < 4.78 is 4.47. The molecule has 3 heterocycles. The highest BCUT2D eigenvalue weighted by molar-refractivity contribution is 6.09. The number of H-pyrrole nitrogens is 1. The summed E-state index contributed by atoms with van der Waals surface area (Å²) in [4.78, 5) is 12.7. The van der Waals surface area contributed by atoms with Gasteiger partial charge < -0.3 is 4.98 Å². The van der Waals surface area contributed by atoms with Crippen molar-refractivity contribution in [3.8, 4) is 23.0 Å². The van der Waals surface area contributed by atoms with Crippen LogP contribution < -0.4 is 0 Å².